The first-order valence-corrected chi connectivity index (χ1v) is 9.70. The van der Waals surface area contributed by atoms with Crippen LogP contribution in [0.3, 0.4) is 0 Å². The fourth-order valence-corrected chi connectivity index (χ4v) is 4.03. The van der Waals surface area contributed by atoms with Crippen molar-refractivity contribution in [3.8, 4) is 5.75 Å². The van der Waals surface area contributed by atoms with Crippen molar-refractivity contribution in [3.05, 3.63) is 39.8 Å². The molecule has 1 aliphatic rings. The third kappa shape index (κ3) is 5.25. The molecule has 0 atom stereocenters. The van der Waals surface area contributed by atoms with Gasteiger partial charge in [0.2, 0.25) is 0 Å². The van der Waals surface area contributed by atoms with Gasteiger partial charge in [-0.1, -0.05) is 12.1 Å². The first-order chi connectivity index (χ1) is 12.6. The van der Waals surface area contributed by atoms with E-state index in [1.54, 1.807) is 18.4 Å². The Kier molecular flexibility index (Phi) is 8.15. The molecule has 0 spiro atoms. The Morgan fingerprint density at radius 1 is 1.22 bits per heavy atom. The van der Waals surface area contributed by atoms with Gasteiger partial charge in [-0.25, -0.2) is 4.98 Å². The van der Waals surface area contributed by atoms with Gasteiger partial charge in [-0.05, 0) is 26.0 Å². The minimum absolute atomic E-state index is 0. The van der Waals surface area contributed by atoms with E-state index in [0.29, 0.717) is 0 Å². The highest BCUT2D eigenvalue weighted by Crippen LogP contribution is 2.28. The predicted octanol–water partition coefficient (Wildman–Crippen LogP) is 3.28. The van der Waals surface area contributed by atoms with Crippen LogP contribution in [-0.4, -0.2) is 56.2 Å². The number of benzene rings is 1. The number of hydrogen-bond donors (Lipinski definition) is 1. The highest BCUT2D eigenvalue weighted by molar-refractivity contribution is 14.0. The van der Waals surface area contributed by atoms with E-state index in [1.165, 1.54) is 4.88 Å². The molecule has 6 nitrogen and oxygen atoms in total. The van der Waals surface area contributed by atoms with Crippen LogP contribution in [-0.2, 0) is 6.54 Å². The molecule has 0 amide bonds. The van der Waals surface area contributed by atoms with Crippen molar-refractivity contribution in [2.45, 2.75) is 20.4 Å². The number of piperazine rings is 1. The molecular weight excluding hydrogens is 473 g/mol. The highest BCUT2D eigenvalue weighted by Gasteiger charge is 2.21. The maximum Gasteiger partial charge on any atom is 0.194 e. The summed E-state index contributed by atoms with van der Waals surface area (Å²) in [6.45, 7) is 8.62. The summed E-state index contributed by atoms with van der Waals surface area (Å²) < 4.78 is 5.50. The molecule has 1 fully saturated rings. The summed E-state index contributed by atoms with van der Waals surface area (Å²) >= 11 is 1.75. The number of halogens is 1. The molecule has 1 saturated heterocycles. The quantitative estimate of drug-likeness (QED) is 0.396. The molecule has 8 heteroatoms. The van der Waals surface area contributed by atoms with Gasteiger partial charge in [0.25, 0.3) is 0 Å². The number of methoxy groups -OCH3 is 1. The van der Waals surface area contributed by atoms with E-state index in [4.69, 9.17) is 4.74 Å². The standard InChI is InChI=1S/C19H27N5OS.HI/c1-14-15(2)26-18(22-14)13-21-19(20-3)24-11-9-23(10-12-24)16-7-5-6-8-17(16)25-4;/h5-8H,9-13H2,1-4H3,(H,20,21);1H. The van der Waals surface area contributed by atoms with Crippen LogP contribution < -0.4 is 15.0 Å². The summed E-state index contributed by atoms with van der Waals surface area (Å²) in [7, 11) is 3.57. The van der Waals surface area contributed by atoms with Crippen molar-refractivity contribution in [1.82, 2.24) is 15.2 Å². The number of para-hydroxylation sites is 2. The molecule has 0 unspecified atom stereocenters. The van der Waals surface area contributed by atoms with Gasteiger partial charge >= 0.3 is 0 Å². The maximum absolute atomic E-state index is 5.50. The van der Waals surface area contributed by atoms with Crippen LogP contribution in [0.2, 0.25) is 0 Å². The van der Waals surface area contributed by atoms with Gasteiger partial charge < -0.3 is 19.9 Å². The van der Waals surface area contributed by atoms with E-state index in [2.05, 4.69) is 51.1 Å². The first-order valence-electron chi connectivity index (χ1n) is 8.89. The normalized spacial score (nSPS) is 14.7. The van der Waals surface area contributed by atoms with E-state index in [1.807, 2.05) is 19.2 Å². The van der Waals surface area contributed by atoms with Gasteiger partial charge in [0, 0.05) is 38.1 Å². The zero-order valence-corrected chi connectivity index (χ0v) is 19.5. The zero-order valence-electron chi connectivity index (χ0n) is 16.4. The Labute approximate surface area is 182 Å². The number of nitrogens with zero attached hydrogens (tertiary/aromatic N) is 4. The van der Waals surface area contributed by atoms with Crippen LogP contribution >= 0.6 is 35.3 Å². The van der Waals surface area contributed by atoms with Gasteiger partial charge in [-0.2, -0.15) is 0 Å². The molecule has 2 heterocycles. The Morgan fingerprint density at radius 3 is 2.52 bits per heavy atom. The Hall–Kier alpha value is -1.55. The maximum atomic E-state index is 5.50. The number of thiazole rings is 1. The fourth-order valence-electron chi connectivity index (χ4n) is 3.15. The molecule has 0 radical (unpaired) electrons. The molecule has 0 bridgehead atoms. The lowest BCUT2D eigenvalue weighted by Gasteiger charge is -2.38. The van der Waals surface area contributed by atoms with Crippen LogP contribution in [0.25, 0.3) is 0 Å². The van der Waals surface area contributed by atoms with Crippen LogP contribution in [0.1, 0.15) is 15.6 Å². The zero-order chi connectivity index (χ0) is 18.5. The number of aromatic nitrogens is 1. The molecule has 3 rings (SSSR count). The summed E-state index contributed by atoms with van der Waals surface area (Å²) in [5.41, 5.74) is 2.28. The summed E-state index contributed by atoms with van der Waals surface area (Å²) in [5, 5.41) is 4.56. The Bertz CT molecular complexity index is 752. The molecular formula is C19H28IN5OS. The molecule has 1 aromatic carbocycles. The summed E-state index contributed by atoms with van der Waals surface area (Å²) in [6, 6.07) is 8.20. The van der Waals surface area contributed by atoms with E-state index in [9.17, 15) is 0 Å². The number of anilines is 1. The van der Waals surface area contributed by atoms with Crippen LogP contribution in [0, 0.1) is 13.8 Å². The second-order valence-corrected chi connectivity index (χ2v) is 7.58. The number of aliphatic imine (C=N–C) groups is 1. The van der Waals surface area contributed by atoms with Crippen molar-refractivity contribution < 1.29 is 4.74 Å². The number of hydrogen-bond acceptors (Lipinski definition) is 5. The van der Waals surface area contributed by atoms with Crippen molar-refractivity contribution >= 4 is 47.0 Å². The van der Waals surface area contributed by atoms with Gasteiger partial charge in [-0.3, -0.25) is 4.99 Å². The average Bonchev–Trinajstić information content (AvgIpc) is 3.00. The van der Waals surface area contributed by atoms with Crippen molar-refractivity contribution in [3.63, 3.8) is 0 Å². The molecule has 27 heavy (non-hydrogen) atoms. The van der Waals surface area contributed by atoms with Crippen LogP contribution in [0.15, 0.2) is 29.3 Å². The van der Waals surface area contributed by atoms with Gasteiger partial charge in [0.05, 0.1) is 25.0 Å². The third-order valence-corrected chi connectivity index (χ3v) is 5.76. The number of aryl methyl sites for hydroxylation is 2. The highest BCUT2D eigenvalue weighted by atomic mass is 127. The summed E-state index contributed by atoms with van der Waals surface area (Å²) in [5.74, 6) is 1.87. The minimum Gasteiger partial charge on any atom is -0.495 e. The van der Waals surface area contributed by atoms with Crippen molar-refractivity contribution in [1.29, 1.82) is 0 Å². The van der Waals surface area contributed by atoms with E-state index >= 15 is 0 Å². The minimum atomic E-state index is 0. The lowest BCUT2D eigenvalue weighted by molar-refractivity contribution is 0.367. The smallest absolute Gasteiger partial charge is 0.194 e. The molecule has 0 aliphatic carbocycles. The number of nitrogens with one attached hydrogen (secondary N) is 1. The number of guanidine groups is 1. The van der Waals surface area contributed by atoms with Gasteiger partial charge in [0.1, 0.15) is 10.8 Å². The molecule has 148 valence electrons. The monoisotopic (exact) mass is 501 g/mol. The molecule has 1 aliphatic heterocycles. The second kappa shape index (κ2) is 10.1. The van der Waals surface area contributed by atoms with Crippen LogP contribution in [0.5, 0.6) is 5.75 Å². The van der Waals surface area contributed by atoms with E-state index in [-0.39, 0.29) is 24.0 Å². The third-order valence-electron chi connectivity index (χ3n) is 4.69. The number of ether oxygens (including phenoxy) is 1. The summed E-state index contributed by atoms with van der Waals surface area (Å²) in [4.78, 5) is 15.0. The molecule has 2 aromatic rings. The van der Waals surface area contributed by atoms with Crippen LogP contribution in [0.4, 0.5) is 5.69 Å². The Morgan fingerprint density at radius 2 is 1.93 bits per heavy atom. The van der Waals surface area contributed by atoms with E-state index in [0.717, 1.165) is 60.8 Å². The Balaban J connectivity index is 0.00000261. The lowest BCUT2D eigenvalue weighted by Crippen LogP contribution is -2.52. The lowest BCUT2D eigenvalue weighted by atomic mass is 10.2. The predicted molar refractivity (Wildman–Crippen MR) is 124 cm³/mol. The van der Waals surface area contributed by atoms with E-state index < -0.39 is 0 Å². The largest absolute Gasteiger partial charge is 0.495 e. The number of rotatable bonds is 4. The molecule has 1 N–H and O–H groups in total. The average molecular weight is 501 g/mol. The second-order valence-electron chi connectivity index (χ2n) is 6.30. The fraction of sp³-hybridized carbons (Fsp3) is 0.474. The van der Waals surface area contributed by atoms with Crippen molar-refractivity contribution in [2.75, 3.05) is 45.2 Å². The topological polar surface area (TPSA) is 53.0 Å². The summed E-state index contributed by atoms with van der Waals surface area (Å²) in [6.07, 6.45) is 0. The first kappa shape index (κ1) is 21.7. The SMILES string of the molecule is CN=C(NCc1nc(C)c(C)s1)N1CCN(c2ccccc2OC)CC1.I. The van der Waals surface area contributed by atoms with Crippen molar-refractivity contribution in [2.24, 2.45) is 4.99 Å². The van der Waals surface area contributed by atoms with Gasteiger partial charge in [0.15, 0.2) is 5.96 Å². The van der Waals surface area contributed by atoms with Gasteiger partial charge in [-0.15, -0.1) is 35.3 Å². The molecule has 1 aromatic heterocycles. The molecule has 0 saturated carbocycles.